The lowest BCUT2D eigenvalue weighted by Gasteiger charge is -2.38. The van der Waals surface area contributed by atoms with Crippen LogP contribution in [0.4, 0.5) is 8.78 Å². The van der Waals surface area contributed by atoms with Crippen molar-refractivity contribution < 1.29 is 18.7 Å². The summed E-state index contributed by atoms with van der Waals surface area (Å²) in [6.07, 6.45) is 3.43. The molecule has 2 rings (SSSR count). The van der Waals surface area contributed by atoms with Crippen molar-refractivity contribution >= 4 is 17.3 Å². The van der Waals surface area contributed by atoms with Crippen molar-refractivity contribution in [3.8, 4) is 0 Å². The average Bonchev–Trinajstić information content (AvgIpc) is 2.68. The Morgan fingerprint density at radius 2 is 1.95 bits per heavy atom. The number of aliphatic carboxylic acids is 1. The molecule has 0 spiro atoms. The lowest BCUT2D eigenvalue weighted by molar-refractivity contribution is -0.143. The molecular weight excluding hydrogens is 294 g/mol. The van der Waals surface area contributed by atoms with Crippen LogP contribution in [-0.2, 0) is 10.7 Å². The first-order chi connectivity index (χ1) is 9.74. The maximum Gasteiger partial charge on any atom is 0.303 e. The Kier molecular flexibility index (Phi) is 4.71. The predicted molar refractivity (Wildman–Crippen MR) is 80.1 cm³/mol. The van der Waals surface area contributed by atoms with Gasteiger partial charge in [-0.25, -0.2) is 8.78 Å². The third-order valence-corrected chi connectivity index (χ3v) is 5.68. The lowest BCUT2D eigenvalue weighted by Crippen LogP contribution is -2.33. The molecule has 1 N–H and O–H groups in total. The molecule has 0 bridgehead atoms. The highest BCUT2D eigenvalue weighted by Crippen LogP contribution is 2.51. The number of alkyl halides is 2. The molecule has 1 aromatic rings. The zero-order valence-corrected chi connectivity index (χ0v) is 13.4. The van der Waals surface area contributed by atoms with Gasteiger partial charge in [-0.2, -0.15) is 0 Å². The number of carboxylic acids is 1. The average molecular weight is 316 g/mol. The Morgan fingerprint density at radius 1 is 1.33 bits per heavy atom. The highest BCUT2D eigenvalue weighted by atomic mass is 32.1. The van der Waals surface area contributed by atoms with Crippen LogP contribution in [-0.4, -0.2) is 11.1 Å². The van der Waals surface area contributed by atoms with Gasteiger partial charge in [-0.3, -0.25) is 4.79 Å². The summed E-state index contributed by atoms with van der Waals surface area (Å²) in [5, 5.41) is 9.11. The molecule has 1 aliphatic rings. The van der Waals surface area contributed by atoms with E-state index in [1.54, 1.807) is 13.0 Å². The highest BCUT2D eigenvalue weighted by Gasteiger charge is 2.46. The van der Waals surface area contributed by atoms with Crippen LogP contribution >= 0.6 is 11.3 Å². The second kappa shape index (κ2) is 6.03. The zero-order valence-electron chi connectivity index (χ0n) is 12.5. The van der Waals surface area contributed by atoms with Crippen molar-refractivity contribution in [2.45, 2.75) is 64.7 Å². The van der Waals surface area contributed by atoms with Gasteiger partial charge in [0, 0.05) is 11.3 Å². The number of aryl methyl sites for hydroxylation is 2. The number of thiophene rings is 1. The van der Waals surface area contributed by atoms with Crippen LogP contribution in [0.2, 0.25) is 0 Å². The summed E-state index contributed by atoms with van der Waals surface area (Å²) in [7, 11) is 0. The maximum atomic E-state index is 14.7. The van der Waals surface area contributed by atoms with E-state index < -0.39 is 17.3 Å². The van der Waals surface area contributed by atoms with E-state index in [0.717, 1.165) is 35.5 Å². The third kappa shape index (κ3) is 3.82. The van der Waals surface area contributed by atoms with Crippen molar-refractivity contribution in [1.29, 1.82) is 0 Å². The van der Waals surface area contributed by atoms with Crippen LogP contribution in [0.5, 0.6) is 0 Å². The minimum Gasteiger partial charge on any atom is -0.481 e. The first-order valence-corrected chi connectivity index (χ1v) is 8.23. The SMILES string of the molecule is Cc1cc(C)c(C(F)(F)CC2(CC(=O)O)CCCCC2)s1. The Bertz CT molecular complexity index is 516. The number of carbonyl (C=O) groups is 1. The summed E-state index contributed by atoms with van der Waals surface area (Å²) in [6, 6.07) is 1.78. The van der Waals surface area contributed by atoms with Gasteiger partial charge in [0.05, 0.1) is 11.3 Å². The van der Waals surface area contributed by atoms with Crippen LogP contribution in [0.15, 0.2) is 6.07 Å². The van der Waals surface area contributed by atoms with Crippen LogP contribution in [0, 0.1) is 19.3 Å². The summed E-state index contributed by atoms with van der Waals surface area (Å²) < 4.78 is 29.5. The van der Waals surface area contributed by atoms with Crippen molar-refractivity contribution in [2.24, 2.45) is 5.41 Å². The Morgan fingerprint density at radius 3 is 2.43 bits per heavy atom. The standard InChI is InChI=1S/C16H22F2O2S/c1-11-8-12(2)21-14(11)16(17,18)10-15(9-13(19)20)6-4-3-5-7-15/h8H,3-7,9-10H2,1-2H3,(H,19,20). The molecule has 118 valence electrons. The fourth-order valence-corrected chi connectivity index (χ4v) is 4.59. The molecular formula is C16H22F2O2S. The molecule has 1 heterocycles. The number of halogens is 2. The maximum absolute atomic E-state index is 14.7. The third-order valence-electron chi connectivity index (χ3n) is 4.41. The fraction of sp³-hybridized carbons (Fsp3) is 0.688. The summed E-state index contributed by atoms with van der Waals surface area (Å²) >= 11 is 1.13. The summed E-state index contributed by atoms with van der Waals surface area (Å²) in [4.78, 5) is 12.1. The molecule has 0 unspecified atom stereocenters. The normalized spacial score (nSPS) is 18.7. The molecule has 0 aliphatic heterocycles. The Labute approximate surface area is 128 Å². The topological polar surface area (TPSA) is 37.3 Å². The van der Waals surface area contributed by atoms with Crippen molar-refractivity contribution in [3.63, 3.8) is 0 Å². The van der Waals surface area contributed by atoms with Crippen molar-refractivity contribution in [2.75, 3.05) is 0 Å². The van der Waals surface area contributed by atoms with Gasteiger partial charge in [0.15, 0.2) is 0 Å². The van der Waals surface area contributed by atoms with E-state index in [9.17, 15) is 13.6 Å². The minimum atomic E-state index is -2.93. The van der Waals surface area contributed by atoms with E-state index in [1.807, 2.05) is 6.92 Å². The molecule has 0 atom stereocenters. The van der Waals surface area contributed by atoms with Crippen LogP contribution in [0.25, 0.3) is 0 Å². The van der Waals surface area contributed by atoms with Gasteiger partial charge < -0.3 is 5.11 Å². The predicted octanol–water partition coefficient (Wildman–Crippen LogP) is 5.27. The van der Waals surface area contributed by atoms with E-state index in [-0.39, 0.29) is 17.7 Å². The van der Waals surface area contributed by atoms with E-state index in [2.05, 4.69) is 0 Å². The first-order valence-electron chi connectivity index (χ1n) is 7.41. The van der Waals surface area contributed by atoms with Crippen molar-refractivity contribution in [3.05, 3.63) is 21.4 Å². The molecule has 5 heteroatoms. The smallest absolute Gasteiger partial charge is 0.303 e. The zero-order chi connectivity index (χ0) is 15.7. The molecule has 1 saturated carbocycles. The molecule has 0 saturated heterocycles. The van der Waals surface area contributed by atoms with Gasteiger partial charge in [0.1, 0.15) is 0 Å². The number of carboxylic acid groups (broad SMARTS) is 1. The van der Waals surface area contributed by atoms with Gasteiger partial charge in [0.2, 0.25) is 0 Å². The van der Waals surface area contributed by atoms with E-state index in [0.29, 0.717) is 18.4 Å². The largest absolute Gasteiger partial charge is 0.481 e. The molecule has 0 amide bonds. The molecule has 2 nitrogen and oxygen atoms in total. The Balaban J connectivity index is 2.26. The van der Waals surface area contributed by atoms with E-state index >= 15 is 0 Å². The van der Waals surface area contributed by atoms with E-state index in [4.69, 9.17) is 5.11 Å². The van der Waals surface area contributed by atoms with Crippen LogP contribution in [0.3, 0.4) is 0 Å². The van der Waals surface area contributed by atoms with Gasteiger partial charge in [0.25, 0.3) is 5.92 Å². The van der Waals surface area contributed by atoms with Crippen LogP contribution in [0.1, 0.15) is 60.3 Å². The monoisotopic (exact) mass is 316 g/mol. The highest BCUT2D eigenvalue weighted by molar-refractivity contribution is 7.12. The van der Waals surface area contributed by atoms with E-state index in [1.165, 1.54) is 0 Å². The summed E-state index contributed by atoms with van der Waals surface area (Å²) in [5.41, 5.74) is -0.137. The van der Waals surface area contributed by atoms with Gasteiger partial charge >= 0.3 is 5.97 Å². The lowest BCUT2D eigenvalue weighted by atomic mass is 9.68. The fourth-order valence-electron chi connectivity index (χ4n) is 3.59. The second-order valence-electron chi connectivity index (χ2n) is 6.38. The first kappa shape index (κ1) is 16.4. The number of rotatable bonds is 5. The molecule has 0 aromatic carbocycles. The number of hydrogen-bond acceptors (Lipinski definition) is 2. The Hall–Kier alpha value is -0.970. The molecule has 21 heavy (non-hydrogen) atoms. The molecule has 1 aliphatic carbocycles. The summed E-state index contributed by atoms with van der Waals surface area (Å²) in [6.45, 7) is 3.53. The number of hydrogen-bond donors (Lipinski definition) is 1. The quantitative estimate of drug-likeness (QED) is 0.803. The van der Waals surface area contributed by atoms with Gasteiger partial charge in [-0.05, 0) is 43.7 Å². The minimum absolute atomic E-state index is 0.107. The molecule has 1 aromatic heterocycles. The van der Waals surface area contributed by atoms with Crippen molar-refractivity contribution in [1.82, 2.24) is 0 Å². The second-order valence-corrected chi connectivity index (χ2v) is 7.64. The van der Waals surface area contributed by atoms with Crippen LogP contribution < -0.4 is 0 Å². The molecule has 0 radical (unpaired) electrons. The van der Waals surface area contributed by atoms with Gasteiger partial charge in [-0.15, -0.1) is 11.3 Å². The summed E-state index contributed by atoms with van der Waals surface area (Å²) in [5.74, 6) is -3.90. The molecule has 1 fully saturated rings. The van der Waals surface area contributed by atoms with Gasteiger partial charge in [-0.1, -0.05) is 19.3 Å².